The first-order chi connectivity index (χ1) is 11.5. The maximum atomic E-state index is 13.6. The molecule has 0 aliphatic rings. The normalized spacial score (nSPS) is 11.7. The zero-order valence-corrected chi connectivity index (χ0v) is 12.7. The summed E-state index contributed by atoms with van der Waals surface area (Å²) in [6.07, 6.45) is -3.52. The number of amides is 1. The fourth-order valence-electron chi connectivity index (χ4n) is 1.87. The van der Waals surface area contributed by atoms with Crippen LogP contribution in [0.5, 0.6) is 0 Å². The zero-order valence-electron chi connectivity index (χ0n) is 11.9. The van der Waals surface area contributed by atoms with E-state index >= 15 is 0 Å². The van der Waals surface area contributed by atoms with Gasteiger partial charge in [0.15, 0.2) is 23.3 Å². The highest BCUT2D eigenvalue weighted by Gasteiger charge is 2.42. The lowest BCUT2D eigenvalue weighted by Gasteiger charge is -2.14. The van der Waals surface area contributed by atoms with Crippen LogP contribution in [0.4, 0.5) is 36.4 Å². The number of halogens is 8. The second-order valence-electron chi connectivity index (χ2n) is 4.72. The molecule has 0 unspecified atom stereocenters. The highest BCUT2D eigenvalue weighted by Crippen LogP contribution is 2.38. The molecule has 4 nitrogen and oxygen atoms in total. The van der Waals surface area contributed by atoms with Gasteiger partial charge in [-0.05, 0) is 0 Å². The maximum absolute atomic E-state index is 13.6. The molecular weight excluding hydrogens is 383 g/mol. The number of hydrogen-bond donors (Lipinski definition) is 1. The van der Waals surface area contributed by atoms with Gasteiger partial charge in [-0.25, -0.2) is 17.6 Å². The van der Waals surface area contributed by atoms with Crippen LogP contribution in [-0.2, 0) is 17.5 Å². The van der Waals surface area contributed by atoms with E-state index in [9.17, 15) is 35.5 Å². The van der Waals surface area contributed by atoms with E-state index < -0.39 is 53.0 Å². The van der Waals surface area contributed by atoms with Crippen molar-refractivity contribution in [2.24, 2.45) is 0 Å². The molecule has 0 aliphatic carbocycles. The maximum Gasteiger partial charge on any atom is 0.422 e. The number of rotatable bonds is 4. The number of aryl methyl sites for hydroxylation is 1. The summed E-state index contributed by atoms with van der Waals surface area (Å²) in [6.45, 7) is -0.104. The van der Waals surface area contributed by atoms with E-state index in [1.807, 2.05) is 0 Å². The summed E-state index contributed by atoms with van der Waals surface area (Å²) in [5.41, 5.74) is -4.36. The van der Waals surface area contributed by atoms with Crippen LogP contribution in [0.25, 0.3) is 0 Å². The van der Waals surface area contributed by atoms with Gasteiger partial charge in [0.2, 0.25) is 5.91 Å². The van der Waals surface area contributed by atoms with E-state index in [1.165, 1.54) is 22.4 Å². The molecule has 0 aliphatic heterocycles. The van der Waals surface area contributed by atoms with Gasteiger partial charge < -0.3 is 5.32 Å². The molecule has 1 amide bonds. The molecule has 0 bridgehead atoms. The molecule has 25 heavy (non-hydrogen) atoms. The predicted octanol–water partition coefficient (Wildman–Crippen LogP) is 4.14. The number of nitrogens with zero attached hydrogens (tertiary/aromatic N) is 2. The minimum atomic E-state index is -5.66. The molecular formula is C13H7ClF7N3O. The molecule has 0 saturated heterocycles. The standard InChI is InChI=1S/C13H7ClF7N3O/c14-5-3-22-24(4-5)2-1-6(25)23-12-10(17)8(15)7(13(19,20)21)9(16)11(12)18/h3-4H,1-2H2,(H,23,25). The van der Waals surface area contributed by atoms with Gasteiger partial charge >= 0.3 is 6.18 Å². The van der Waals surface area contributed by atoms with E-state index in [2.05, 4.69) is 5.10 Å². The van der Waals surface area contributed by atoms with Crippen LogP contribution in [0.2, 0.25) is 5.02 Å². The Morgan fingerprint density at radius 1 is 1.12 bits per heavy atom. The van der Waals surface area contributed by atoms with Crippen molar-refractivity contribution in [3.63, 3.8) is 0 Å². The van der Waals surface area contributed by atoms with Crippen molar-refractivity contribution in [2.75, 3.05) is 5.32 Å². The van der Waals surface area contributed by atoms with Gasteiger partial charge in [-0.2, -0.15) is 18.3 Å². The largest absolute Gasteiger partial charge is 0.422 e. The van der Waals surface area contributed by atoms with Gasteiger partial charge in [0.1, 0.15) is 11.3 Å². The smallest absolute Gasteiger partial charge is 0.321 e. The fourth-order valence-corrected chi connectivity index (χ4v) is 2.03. The SMILES string of the molecule is O=C(CCn1cc(Cl)cn1)Nc1c(F)c(F)c(C(F)(F)F)c(F)c1F. The Kier molecular flexibility index (Phi) is 5.26. The first-order valence-electron chi connectivity index (χ1n) is 6.43. The molecule has 0 radical (unpaired) electrons. The molecule has 0 atom stereocenters. The Hall–Kier alpha value is -2.30. The summed E-state index contributed by atoms with van der Waals surface area (Å²) in [4.78, 5) is 11.6. The van der Waals surface area contributed by atoms with Crippen LogP contribution in [-0.4, -0.2) is 15.7 Å². The van der Waals surface area contributed by atoms with Crippen LogP contribution in [0.1, 0.15) is 12.0 Å². The van der Waals surface area contributed by atoms with Crippen molar-refractivity contribution in [2.45, 2.75) is 19.1 Å². The van der Waals surface area contributed by atoms with Gasteiger partial charge in [0, 0.05) is 19.2 Å². The third-order valence-corrected chi connectivity index (χ3v) is 3.18. The molecule has 136 valence electrons. The summed E-state index contributed by atoms with van der Waals surface area (Å²) in [7, 11) is 0. The van der Waals surface area contributed by atoms with Gasteiger partial charge in [-0.1, -0.05) is 11.6 Å². The molecule has 0 fully saturated rings. The lowest BCUT2D eigenvalue weighted by atomic mass is 10.1. The fraction of sp³-hybridized carbons (Fsp3) is 0.231. The van der Waals surface area contributed by atoms with E-state index in [4.69, 9.17) is 11.6 Å². The molecule has 1 heterocycles. The molecule has 2 rings (SSSR count). The van der Waals surface area contributed by atoms with Crippen molar-refractivity contribution >= 4 is 23.2 Å². The van der Waals surface area contributed by atoms with E-state index in [1.54, 1.807) is 0 Å². The second kappa shape index (κ2) is 6.90. The first kappa shape index (κ1) is 19.0. The summed E-state index contributed by atoms with van der Waals surface area (Å²) < 4.78 is 92.7. The van der Waals surface area contributed by atoms with Crippen LogP contribution in [0.3, 0.4) is 0 Å². The number of hydrogen-bond acceptors (Lipinski definition) is 2. The zero-order chi connectivity index (χ0) is 18.9. The number of carbonyl (C=O) groups is 1. The molecule has 0 saturated carbocycles. The Morgan fingerprint density at radius 3 is 2.12 bits per heavy atom. The third-order valence-electron chi connectivity index (χ3n) is 2.98. The van der Waals surface area contributed by atoms with E-state index in [0.29, 0.717) is 0 Å². The Bertz CT molecular complexity index is 790. The Balaban J connectivity index is 2.23. The number of nitrogens with one attached hydrogen (secondary N) is 1. The lowest BCUT2D eigenvalue weighted by molar-refractivity contribution is -0.143. The average molecular weight is 390 g/mol. The van der Waals surface area contributed by atoms with Crippen molar-refractivity contribution in [1.29, 1.82) is 0 Å². The minimum Gasteiger partial charge on any atom is -0.321 e. The van der Waals surface area contributed by atoms with E-state index in [-0.39, 0.29) is 11.6 Å². The number of anilines is 1. The van der Waals surface area contributed by atoms with Crippen molar-refractivity contribution < 1.29 is 35.5 Å². The number of carbonyl (C=O) groups excluding carboxylic acids is 1. The average Bonchev–Trinajstić information content (AvgIpc) is 2.92. The van der Waals surface area contributed by atoms with Crippen LogP contribution in [0, 0.1) is 23.3 Å². The van der Waals surface area contributed by atoms with Crippen molar-refractivity contribution in [3.8, 4) is 0 Å². The quantitative estimate of drug-likeness (QED) is 0.631. The first-order valence-corrected chi connectivity index (χ1v) is 6.81. The Morgan fingerprint density at radius 2 is 1.68 bits per heavy atom. The van der Waals surface area contributed by atoms with Crippen LogP contribution < -0.4 is 5.32 Å². The third kappa shape index (κ3) is 4.03. The number of aromatic nitrogens is 2. The molecule has 1 aromatic carbocycles. The van der Waals surface area contributed by atoms with Gasteiger partial charge in [0.25, 0.3) is 0 Å². The Labute approximate surface area is 140 Å². The van der Waals surface area contributed by atoms with Crippen LogP contribution >= 0.6 is 11.6 Å². The van der Waals surface area contributed by atoms with Crippen LogP contribution in [0.15, 0.2) is 12.4 Å². The highest BCUT2D eigenvalue weighted by molar-refractivity contribution is 6.30. The monoisotopic (exact) mass is 389 g/mol. The second-order valence-corrected chi connectivity index (χ2v) is 5.16. The molecule has 1 aromatic heterocycles. The lowest BCUT2D eigenvalue weighted by Crippen LogP contribution is -2.21. The summed E-state index contributed by atoms with van der Waals surface area (Å²) in [5, 5.41) is 5.47. The molecule has 2 aromatic rings. The summed E-state index contributed by atoms with van der Waals surface area (Å²) in [5.74, 6) is -11.1. The molecule has 0 spiro atoms. The van der Waals surface area contributed by atoms with Gasteiger partial charge in [-0.3, -0.25) is 9.48 Å². The molecule has 1 N–H and O–H groups in total. The van der Waals surface area contributed by atoms with Gasteiger partial charge in [0.05, 0.1) is 11.2 Å². The van der Waals surface area contributed by atoms with Crippen molar-refractivity contribution in [1.82, 2.24) is 9.78 Å². The van der Waals surface area contributed by atoms with E-state index in [0.717, 1.165) is 0 Å². The number of alkyl halides is 3. The number of benzene rings is 1. The summed E-state index contributed by atoms with van der Waals surface area (Å²) >= 11 is 5.58. The summed E-state index contributed by atoms with van der Waals surface area (Å²) in [6, 6.07) is 0. The molecule has 12 heteroatoms. The topological polar surface area (TPSA) is 46.9 Å². The van der Waals surface area contributed by atoms with Crippen molar-refractivity contribution in [3.05, 3.63) is 46.2 Å². The highest BCUT2D eigenvalue weighted by atomic mass is 35.5. The minimum absolute atomic E-state index is 0.104. The predicted molar refractivity (Wildman–Crippen MR) is 71.8 cm³/mol. The van der Waals surface area contributed by atoms with Gasteiger partial charge in [-0.15, -0.1) is 0 Å².